The molecule has 1 aromatic carbocycles. The van der Waals surface area contributed by atoms with Crippen molar-refractivity contribution in [2.24, 2.45) is 0 Å². The average molecular weight is 307 g/mol. The van der Waals surface area contributed by atoms with Crippen molar-refractivity contribution in [3.05, 3.63) is 40.5 Å². The minimum Gasteiger partial charge on any atom is -0.493 e. The Morgan fingerprint density at radius 1 is 1.15 bits per heavy atom. The van der Waals surface area contributed by atoms with Crippen LogP contribution in [0.1, 0.15) is 5.56 Å². The number of aromatic nitrogens is 2. The highest BCUT2D eigenvalue weighted by molar-refractivity contribution is 7.16. The van der Waals surface area contributed by atoms with Gasteiger partial charge in [-0.1, -0.05) is 6.07 Å². The van der Waals surface area contributed by atoms with Crippen LogP contribution >= 0.6 is 22.9 Å². The highest BCUT2D eigenvalue weighted by Gasteiger charge is 2.12. The maximum absolute atomic E-state index is 5.92. The minimum atomic E-state index is 0.168. The van der Waals surface area contributed by atoms with E-state index in [1.807, 2.05) is 36.6 Å². The zero-order chi connectivity index (χ0) is 14.1. The summed E-state index contributed by atoms with van der Waals surface area (Å²) in [5.74, 6) is 1.69. The topological polar surface area (TPSA) is 44.2 Å². The van der Waals surface area contributed by atoms with E-state index in [4.69, 9.17) is 21.1 Å². The number of hydrogen-bond donors (Lipinski definition) is 0. The van der Waals surface area contributed by atoms with E-state index in [0.717, 1.165) is 15.8 Å². The lowest BCUT2D eigenvalue weighted by Gasteiger charge is -2.10. The van der Waals surface area contributed by atoms with Gasteiger partial charge in [0.25, 0.3) is 0 Å². The Balaban J connectivity index is 2.07. The zero-order valence-electron chi connectivity index (χ0n) is 10.9. The third-order valence-electron chi connectivity index (χ3n) is 2.79. The molecule has 0 aliphatic rings. The number of ether oxygens (including phenoxy) is 2. The van der Waals surface area contributed by atoms with Crippen LogP contribution in [0, 0.1) is 6.92 Å². The minimum absolute atomic E-state index is 0.168. The summed E-state index contributed by atoms with van der Waals surface area (Å²) in [7, 11) is 1.61. The fourth-order valence-electron chi connectivity index (χ4n) is 1.84. The van der Waals surface area contributed by atoms with E-state index in [-0.39, 0.29) is 5.28 Å². The molecule has 0 bridgehead atoms. The van der Waals surface area contributed by atoms with Crippen molar-refractivity contribution in [3.63, 3.8) is 0 Å². The number of thiophene rings is 1. The molecule has 3 rings (SSSR count). The van der Waals surface area contributed by atoms with E-state index in [9.17, 15) is 0 Å². The summed E-state index contributed by atoms with van der Waals surface area (Å²) in [6.07, 6.45) is 0. The van der Waals surface area contributed by atoms with Crippen molar-refractivity contribution in [1.82, 2.24) is 9.97 Å². The summed E-state index contributed by atoms with van der Waals surface area (Å²) in [4.78, 5) is 9.10. The van der Waals surface area contributed by atoms with Gasteiger partial charge in [-0.05, 0) is 47.7 Å². The van der Waals surface area contributed by atoms with Crippen LogP contribution in [0.15, 0.2) is 29.6 Å². The number of halogens is 1. The lowest BCUT2D eigenvalue weighted by Crippen LogP contribution is -1.94. The van der Waals surface area contributed by atoms with E-state index in [1.165, 1.54) is 11.3 Å². The van der Waals surface area contributed by atoms with Crippen molar-refractivity contribution < 1.29 is 9.47 Å². The van der Waals surface area contributed by atoms with Crippen LogP contribution in [0.4, 0.5) is 0 Å². The molecule has 2 aromatic heterocycles. The van der Waals surface area contributed by atoms with Gasteiger partial charge in [-0.15, -0.1) is 11.3 Å². The van der Waals surface area contributed by atoms with Gasteiger partial charge in [-0.25, -0.2) is 4.98 Å². The first kappa shape index (κ1) is 13.1. The Labute approximate surface area is 125 Å². The molecule has 0 radical (unpaired) electrons. The number of aryl methyl sites for hydroxylation is 1. The number of rotatable bonds is 3. The average Bonchev–Trinajstić information content (AvgIpc) is 2.88. The molecular weight excluding hydrogens is 296 g/mol. The van der Waals surface area contributed by atoms with E-state index in [2.05, 4.69) is 9.97 Å². The summed E-state index contributed by atoms with van der Waals surface area (Å²) in [5.41, 5.74) is 1.09. The van der Waals surface area contributed by atoms with Gasteiger partial charge in [0, 0.05) is 0 Å². The van der Waals surface area contributed by atoms with Gasteiger partial charge in [0.2, 0.25) is 11.2 Å². The van der Waals surface area contributed by atoms with Crippen LogP contribution in [0.5, 0.6) is 17.4 Å². The maximum Gasteiger partial charge on any atom is 0.232 e. The van der Waals surface area contributed by atoms with E-state index < -0.39 is 0 Å². The van der Waals surface area contributed by atoms with Crippen LogP contribution in [0.25, 0.3) is 10.2 Å². The molecule has 20 heavy (non-hydrogen) atoms. The fraction of sp³-hybridized carbons (Fsp3) is 0.143. The van der Waals surface area contributed by atoms with Crippen LogP contribution in [0.2, 0.25) is 5.28 Å². The lowest BCUT2D eigenvalue weighted by molar-refractivity contribution is 0.375. The zero-order valence-corrected chi connectivity index (χ0v) is 12.5. The molecule has 0 fully saturated rings. The summed E-state index contributed by atoms with van der Waals surface area (Å²) in [6, 6.07) is 7.61. The highest BCUT2D eigenvalue weighted by atomic mass is 35.5. The van der Waals surface area contributed by atoms with E-state index in [1.54, 1.807) is 7.11 Å². The molecule has 6 heteroatoms. The smallest absolute Gasteiger partial charge is 0.232 e. The molecule has 0 atom stereocenters. The second-order valence-electron chi connectivity index (χ2n) is 4.19. The molecule has 0 spiro atoms. The normalized spacial score (nSPS) is 10.8. The molecule has 0 saturated carbocycles. The molecule has 0 aliphatic heterocycles. The van der Waals surface area contributed by atoms with Crippen LogP contribution in [-0.2, 0) is 0 Å². The van der Waals surface area contributed by atoms with Gasteiger partial charge in [0.05, 0.1) is 12.5 Å². The molecule has 4 nitrogen and oxygen atoms in total. The summed E-state index contributed by atoms with van der Waals surface area (Å²) >= 11 is 7.41. The Kier molecular flexibility index (Phi) is 3.46. The molecule has 102 valence electrons. The van der Waals surface area contributed by atoms with Gasteiger partial charge in [-0.3, -0.25) is 0 Å². The predicted molar refractivity (Wildman–Crippen MR) is 80.2 cm³/mol. The molecule has 3 aromatic rings. The molecule has 0 saturated heterocycles. The Bertz CT molecular complexity index is 773. The number of hydrogen-bond acceptors (Lipinski definition) is 5. The molecule has 0 amide bonds. The Hall–Kier alpha value is -1.85. The second-order valence-corrected chi connectivity index (χ2v) is 5.43. The van der Waals surface area contributed by atoms with Crippen LogP contribution in [0.3, 0.4) is 0 Å². The first-order chi connectivity index (χ1) is 9.67. The molecule has 0 unspecified atom stereocenters. The van der Waals surface area contributed by atoms with Gasteiger partial charge in [0.15, 0.2) is 11.5 Å². The number of benzene rings is 1. The first-order valence-corrected chi connectivity index (χ1v) is 7.16. The van der Waals surface area contributed by atoms with Gasteiger partial charge in [0.1, 0.15) is 4.83 Å². The van der Waals surface area contributed by atoms with Crippen LogP contribution < -0.4 is 9.47 Å². The number of methoxy groups -OCH3 is 1. The summed E-state index contributed by atoms with van der Waals surface area (Å²) < 4.78 is 11.2. The van der Waals surface area contributed by atoms with Crippen molar-refractivity contribution in [2.75, 3.05) is 7.11 Å². The van der Waals surface area contributed by atoms with Crippen LogP contribution in [-0.4, -0.2) is 17.1 Å². The summed E-state index contributed by atoms with van der Waals surface area (Å²) in [5, 5.41) is 2.93. The lowest BCUT2D eigenvalue weighted by atomic mass is 10.2. The largest absolute Gasteiger partial charge is 0.493 e. The van der Waals surface area contributed by atoms with Crippen molar-refractivity contribution in [2.45, 2.75) is 6.92 Å². The third kappa shape index (κ3) is 2.42. The first-order valence-electron chi connectivity index (χ1n) is 5.90. The molecule has 0 aliphatic carbocycles. The highest BCUT2D eigenvalue weighted by Crippen LogP contribution is 2.35. The number of nitrogens with zero attached hydrogens (tertiary/aromatic N) is 2. The number of fused-ring (bicyclic) bond motifs is 1. The quantitative estimate of drug-likeness (QED) is 0.670. The predicted octanol–water partition coefficient (Wildman–Crippen LogP) is 4.45. The maximum atomic E-state index is 5.92. The molecule has 0 N–H and O–H groups in total. The Morgan fingerprint density at radius 3 is 2.80 bits per heavy atom. The molecular formula is C14H11ClN2O2S. The van der Waals surface area contributed by atoms with Crippen molar-refractivity contribution in [1.29, 1.82) is 0 Å². The van der Waals surface area contributed by atoms with E-state index >= 15 is 0 Å². The summed E-state index contributed by atoms with van der Waals surface area (Å²) in [6.45, 7) is 1.99. The fourth-order valence-corrected chi connectivity index (χ4v) is 2.81. The van der Waals surface area contributed by atoms with Gasteiger partial charge < -0.3 is 9.47 Å². The van der Waals surface area contributed by atoms with Crippen molar-refractivity contribution in [3.8, 4) is 17.4 Å². The van der Waals surface area contributed by atoms with Crippen molar-refractivity contribution >= 4 is 33.2 Å². The monoisotopic (exact) mass is 306 g/mol. The SMILES string of the molecule is COc1cc(C)ccc1Oc1nc(Cl)nc2sccc12. The second kappa shape index (κ2) is 5.26. The molecule has 2 heterocycles. The standard InChI is InChI=1S/C14H11ClN2O2S/c1-8-3-4-10(11(7-8)18-2)19-12-9-5-6-20-13(9)17-14(15)16-12/h3-7H,1-2H3. The van der Waals surface area contributed by atoms with Gasteiger partial charge >= 0.3 is 0 Å². The Morgan fingerprint density at radius 2 is 2.00 bits per heavy atom. The van der Waals surface area contributed by atoms with Gasteiger partial charge in [-0.2, -0.15) is 4.98 Å². The third-order valence-corrected chi connectivity index (χ3v) is 3.76. The van der Waals surface area contributed by atoms with E-state index in [0.29, 0.717) is 17.4 Å².